The van der Waals surface area contributed by atoms with E-state index in [1.165, 1.54) is 12.4 Å². The van der Waals surface area contributed by atoms with Crippen molar-refractivity contribution in [3.8, 4) is 17.1 Å². The average molecular weight is 402 g/mol. The number of carbonyl (C=O) groups excluding carboxylic acids is 2. The minimum atomic E-state index is -0.647. The zero-order valence-corrected chi connectivity index (χ0v) is 16.4. The molecule has 30 heavy (non-hydrogen) atoms. The molecule has 0 bridgehead atoms. The number of rotatable bonds is 5. The molecule has 0 saturated carbocycles. The van der Waals surface area contributed by atoms with Gasteiger partial charge in [0, 0.05) is 17.1 Å². The highest BCUT2D eigenvalue weighted by atomic mass is 16.5. The van der Waals surface area contributed by atoms with Gasteiger partial charge in [-0.3, -0.25) is 4.98 Å². The van der Waals surface area contributed by atoms with Crippen LogP contribution in [0.15, 0.2) is 65.3 Å². The van der Waals surface area contributed by atoms with E-state index in [-0.39, 0.29) is 23.6 Å². The first-order valence-corrected chi connectivity index (χ1v) is 9.36. The largest absolute Gasteiger partial charge is 0.462 e. The Labute approximate surface area is 172 Å². The van der Waals surface area contributed by atoms with E-state index in [1.807, 2.05) is 30.3 Å². The van der Waals surface area contributed by atoms with Crippen LogP contribution in [0.2, 0.25) is 0 Å². The normalized spacial score (nSPS) is 10.7. The molecule has 0 atom stereocenters. The number of carbonyl (C=O) groups is 2. The molecule has 0 saturated heterocycles. The lowest BCUT2D eigenvalue weighted by molar-refractivity contribution is 0.0528. The molecule has 2 aromatic carbocycles. The number of furan rings is 1. The van der Waals surface area contributed by atoms with Crippen molar-refractivity contribution in [1.29, 1.82) is 0 Å². The van der Waals surface area contributed by atoms with Crippen molar-refractivity contribution in [1.82, 2.24) is 9.97 Å². The molecule has 0 aliphatic rings. The minimum Gasteiger partial charge on any atom is -0.462 e. The number of benzene rings is 2. The summed E-state index contributed by atoms with van der Waals surface area (Å²) in [4.78, 5) is 33.1. The third-order valence-electron chi connectivity index (χ3n) is 4.38. The van der Waals surface area contributed by atoms with E-state index in [9.17, 15) is 9.59 Å². The second-order valence-electron chi connectivity index (χ2n) is 6.48. The van der Waals surface area contributed by atoms with Crippen LogP contribution in [0.3, 0.4) is 0 Å². The van der Waals surface area contributed by atoms with E-state index in [4.69, 9.17) is 13.9 Å². The zero-order valence-electron chi connectivity index (χ0n) is 16.4. The number of nitrogens with zero attached hydrogens (tertiary/aromatic N) is 2. The molecule has 0 fully saturated rings. The molecule has 2 heterocycles. The first-order valence-electron chi connectivity index (χ1n) is 9.36. The summed E-state index contributed by atoms with van der Waals surface area (Å²) < 4.78 is 16.6. The molecule has 7 nitrogen and oxygen atoms in total. The van der Waals surface area contributed by atoms with Crippen molar-refractivity contribution in [2.75, 3.05) is 6.61 Å². The van der Waals surface area contributed by atoms with Gasteiger partial charge >= 0.3 is 11.9 Å². The summed E-state index contributed by atoms with van der Waals surface area (Å²) in [5.41, 5.74) is 2.28. The smallest absolute Gasteiger partial charge is 0.363 e. The Hall–Kier alpha value is -4.00. The summed E-state index contributed by atoms with van der Waals surface area (Å²) in [7, 11) is 0. The highest BCUT2D eigenvalue weighted by Gasteiger charge is 2.24. The van der Waals surface area contributed by atoms with E-state index < -0.39 is 11.9 Å². The number of hydrogen-bond acceptors (Lipinski definition) is 7. The van der Waals surface area contributed by atoms with Crippen LogP contribution < -0.4 is 4.74 Å². The highest BCUT2D eigenvalue weighted by Crippen LogP contribution is 2.36. The average Bonchev–Trinajstić information content (AvgIpc) is 3.14. The maximum absolute atomic E-state index is 12.7. The molecule has 7 heteroatoms. The van der Waals surface area contributed by atoms with Crippen LogP contribution in [-0.4, -0.2) is 28.5 Å². The molecule has 0 amide bonds. The summed E-state index contributed by atoms with van der Waals surface area (Å²) in [5.74, 6) is -0.507. The monoisotopic (exact) mass is 402 g/mol. The number of esters is 2. The van der Waals surface area contributed by atoms with E-state index >= 15 is 0 Å². The van der Waals surface area contributed by atoms with Crippen LogP contribution in [0, 0.1) is 6.92 Å². The first-order chi connectivity index (χ1) is 14.6. The summed E-state index contributed by atoms with van der Waals surface area (Å²) in [5, 5.41) is 0.493. The number of fused-ring (bicyclic) bond motifs is 1. The second kappa shape index (κ2) is 8.16. The first kappa shape index (κ1) is 19.3. The predicted molar refractivity (Wildman–Crippen MR) is 109 cm³/mol. The molecular weight excluding hydrogens is 384 g/mol. The molecule has 4 aromatic rings. The number of ether oxygens (including phenoxy) is 2. The third kappa shape index (κ3) is 3.77. The van der Waals surface area contributed by atoms with Gasteiger partial charge in [-0.05, 0) is 32.0 Å². The molecule has 0 aliphatic heterocycles. The quantitative estimate of drug-likeness (QED) is 0.356. The van der Waals surface area contributed by atoms with Crippen molar-refractivity contribution in [3.05, 3.63) is 77.9 Å². The van der Waals surface area contributed by atoms with E-state index in [2.05, 4.69) is 9.97 Å². The van der Waals surface area contributed by atoms with Crippen LogP contribution >= 0.6 is 0 Å². The molecule has 0 N–H and O–H groups in total. The van der Waals surface area contributed by atoms with E-state index in [0.717, 1.165) is 5.56 Å². The number of aryl methyl sites for hydroxylation is 1. The molecule has 150 valence electrons. The van der Waals surface area contributed by atoms with Crippen molar-refractivity contribution in [3.63, 3.8) is 0 Å². The number of hydrogen-bond donors (Lipinski definition) is 0. The summed E-state index contributed by atoms with van der Waals surface area (Å²) in [6.07, 6.45) is 2.84. The van der Waals surface area contributed by atoms with Crippen LogP contribution in [0.5, 0.6) is 5.75 Å². The maximum Gasteiger partial charge on any atom is 0.363 e. The topological polar surface area (TPSA) is 91.5 Å². The number of aromatic nitrogens is 2. The van der Waals surface area contributed by atoms with Gasteiger partial charge in [0.1, 0.15) is 22.7 Å². The third-order valence-corrected chi connectivity index (χ3v) is 4.38. The predicted octanol–water partition coefficient (Wildman–Crippen LogP) is 4.59. The highest BCUT2D eigenvalue weighted by molar-refractivity contribution is 6.09. The van der Waals surface area contributed by atoms with Gasteiger partial charge < -0.3 is 13.9 Å². The Bertz CT molecular complexity index is 1210. The lowest BCUT2D eigenvalue weighted by atomic mass is 10.1. The molecule has 4 rings (SSSR count). The SMILES string of the molecule is CCOC(=O)c1c(-c2ccccc2)oc2ccc(OC(=O)c3cnc(C)cn3)cc12. The second-order valence-corrected chi connectivity index (χ2v) is 6.48. The Kier molecular flexibility index (Phi) is 5.26. The summed E-state index contributed by atoms with van der Waals surface area (Å²) in [6.45, 7) is 3.73. The zero-order chi connectivity index (χ0) is 21.1. The molecule has 0 radical (unpaired) electrons. The van der Waals surface area contributed by atoms with Gasteiger partial charge in [-0.25, -0.2) is 14.6 Å². The fraction of sp³-hybridized carbons (Fsp3) is 0.130. The van der Waals surface area contributed by atoms with E-state index in [0.29, 0.717) is 22.4 Å². The van der Waals surface area contributed by atoms with Crippen LogP contribution in [0.25, 0.3) is 22.3 Å². The van der Waals surface area contributed by atoms with Crippen molar-refractivity contribution in [2.24, 2.45) is 0 Å². The molecular formula is C23H18N2O5. The Morgan fingerprint density at radius 3 is 2.50 bits per heavy atom. The standard InChI is InChI=1S/C23H18N2O5/c1-3-28-23(27)20-17-11-16(29-22(26)18-13-24-14(2)12-25-18)9-10-19(17)30-21(20)15-7-5-4-6-8-15/h4-13H,3H2,1-2H3. The lowest BCUT2D eigenvalue weighted by Gasteiger charge is -2.05. The van der Waals surface area contributed by atoms with Crippen molar-refractivity contribution >= 4 is 22.9 Å². The summed E-state index contributed by atoms with van der Waals surface area (Å²) in [6, 6.07) is 14.1. The fourth-order valence-electron chi connectivity index (χ4n) is 3.00. The molecule has 0 unspecified atom stereocenters. The van der Waals surface area contributed by atoms with Crippen LogP contribution in [-0.2, 0) is 4.74 Å². The van der Waals surface area contributed by atoms with Gasteiger partial charge in [0.25, 0.3) is 0 Å². The minimum absolute atomic E-state index is 0.0866. The maximum atomic E-state index is 12.7. The fourth-order valence-corrected chi connectivity index (χ4v) is 3.00. The molecule has 0 aliphatic carbocycles. The summed E-state index contributed by atoms with van der Waals surface area (Å²) >= 11 is 0. The Balaban J connectivity index is 1.75. The van der Waals surface area contributed by atoms with Crippen LogP contribution in [0.1, 0.15) is 33.5 Å². The van der Waals surface area contributed by atoms with Crippen molar-refractivity contribution in [2.45, 2.75) is 13.8 Å². The molecule has 2 aromatic heterocycles. The lowest BCUT2D eigenvalue weighted by Crippen LogP contribution is -2.11. The van der Waals surface area contributed by atoms with Gasteiger partial charge in [0.05, 0.1) is 18.5 Å². The van der Waals surface area contributed by atoms with Gasteiger partial charge in [-0.2, -0.15) is 0 Å². The van der Waals surface area contributed by atoms with Gasteiger partial charge in [-0.1, -0.05) is 30.3 Å². The Morgan fingerprint density at radius 2 is 1.80 bits per heavy atom. The van der Waals surface area contributed by atoms with E-state index in [1.54, 1.807) is 32.0 Å². The molecule has 0 spiro atoms. The van der Waals surface area contributed by atoms with Gasteiger partial charge in [-0.15, -0.1) is 0 Å². The van der Waals surface area contributed by atoms with Crippen LogP contribution in [0.4, 0.5) is 0 Å². The Morgan fingerprint density at radius 1 is 1.00 bits per heavy atom. The van der Waals surface area contributed by atoms with Gasteiger partial charge in [0.15, 0.2) is 5.69 Å². The van der Waals surface area contributed by atoms with Crippen molar-refractivity contribution < 1.29 is 23.5 Å². The van der Waals surface area contributed by atoms with Gasteiger partial charge in [0.2, 0.25) is 0 Å².